The van der Waals surface area contributed by atoms with Crippen molar-refractivity contribution in [3.63, 3.8) is 0 Å². The molecular weight excluding hydrogens is 472 g/mol. The van der Waals surface area contributed by atoms with Gasteiger partial charge in [-0.2, -0.15) is 5.10 Å². The van der Waals surface area contributed by atoms with E-state index < -0.39 is 34.7 Å². The lowest BCUT2D eigenvalue weighted by Crippen LogP contribution is -2.39. The predicted octanol–water partition coefficient (Wildman–Crippen LogP) is 2.65. The lowest BCUT2D eigenvalue weighted by Gasteiger charge is -2.22. The van der Waals surface area contributed by atoms with Crippen molar-refractivity contribution < 1.29 is 24.0 Å². The number of benzene rings is 2. The Hall–Kier alpha value is -3.60. The van der Waals surface area contributed by atoms with Crippen LogP contribution in [0.2, 0.25) is 0 Å². The van der Waals surface area contributed by atoms with E-state index >= 15 is 0 Å². The number of non-ortho nitro benzene ring substituents is 1. The van der Waals surface area contributed by atoms with Crippen molar-refractivity contribution in [2.24, 2.45) is 11.0 Å². The molecule has 0 aliphatic carbocycles. The number of hydrazone groups is 1. The average Bonchev–Trinajstić information content (AvgIpc) is 3.26. The Labute approximate surface area is 184 Å². The van der Waals surface area contributed by atoms with Gasteiger partial charge in [-0.25, -0.2) is 9.69 Å². The number of halogens is 1. The van der Waals surface area contributed by atoms with Gasteiger partial charge in [0, 0.05) is 16.6 Å². The van der Waals surface area contributed by atoms with Crippen LogP contribution < -0.4 is 9.91 Å². The molecule has 1 fully saturated rings. The molecule has 0 unspecified atom stereocenters. The van der Waals surface area contributed by atoms with Gasteiger partial charge in [0.25, 0.3) is 11.6 Å². The number of nitro benzene ring substituents is 1. The minimum atomic E-state index is -1.15. The first-order valence-electron chi connectivity index (χ1n) is 9.26. The first kappa shape index (κ1) is 20.7. The first-order valence-corrected chi connectivity index (χ1v) is 10.1. The van der Waals surface area contributed by atoms with Gasteiger partial charge >= 0.3 is 5.97 Å². The van der Waals surface area contributed by atoms with Crippen LogP contribution in [0.1, 0.15) is 6.92 Å². The number of anilines is 2. The minimum absolute atomic E-state index is 0.0747. The molecular formula is C20H15BrN4O6. The molecule has 31 heavy (non-hydrogen) atoms. The zero-order chi connectivity index (χ0) is 22.3. The van der Waals surface area contributed by atoms with E-state index in [9.17, 15) is 24.5 Å². The summed E-state index contributed by atoms with van der Waals surface area (Å²) >= 11 is 3.31. The van der Waals surface area contributed by atoms with Crippen LogP contribution in [-0.4, -0.2) is 41.1 Å². The quantitative estimate of drug-likeness (QED) is 0.275. The van der Waals surface area contributed by atoms with Crippen molar-refractivity contribution in [3.05, 3.63) is 63.1 Å². The monoisotopic (exact) mass is 486 g/mol. The van der Waals surface area contributed by atoms with Crippen molar-refractivity contribution in [2.45, 2.75) is 13.0 Å². The summed E-state index contributed by atoms with van der Waals surface area (Å²) in [6.45, 7) is 1.69. The van der Waals surface area contributed by atoms with Crippen LogP contribution in [0.25, 0.3) is 0 Å². The molecule has 158 valence electrons. The third-order valence-electron chi connectivity index (χ3n) is 4.94. The Balaban J connectivity index is 1.77. The molecule has 4 rings (SSSR count). The van der Waals surface area contributed by atoms with Crippen molar-refractivity contribution in [1.29, 1.82) is 0 Å². The van der Waals surface area contributed by atoms with Crippen LogP contribution in [-0.2, 0) is 19.1 Å². The van der Waals surface area contributed by atoms with Gasteiger partial charge in [-0.3, -0.25) is 24.7 Å². The SMILES string of the molecule is CCOC(=O)C1=NN(c2ccc([N+](=O)[O-])cc2)[C@H]2C(=O)N(c3ccc(Br)cc3)C(=O)[C@@H]12. The molecule has 2 aliphatic heterocycles. The van der Waals surface area contributed by atoms with Crippen molar-refractivity contribution in [1.82, 2.24) is 0 Å². The zero-order valence-corrected chi connectivity index (χ0v) is 17.7. The molecule has 1 saturated heterocycles. The maximum Gasteiger partial charge on any atom is 0.355 e. The summed E-state index contributed by atoms with van der Waals surface area (Å²) in [5.74, 6) is -3.08. The number of rotatable bonds is 5. The molecule has 11 heteroatoms. The normalized spacial score (nSPS) is 20.0. The number of nitro groups is 1. The third-order valence-corrected chi connectivity index (χ3v) is 5.47. The van der Waals surface area contributed by atoms with E-state index in [1.54, 1.807) is 31.2 Å². The van der Waals surface area contributed by atoms with E-state index in [2.05, 4.69) is 21.0 Å². The zero-order valence-electron chi connectivity index (χ0n) is 16.1. The number of nitrogens with zero attached hydrogens (tertiary/aromatic N) is 4. The summed E-state index contributed by atoms with van der Waals surface area (Å²) in [7, 11) is 0. The number of imide groups is 1. The lowest BCUT2D eigenvalue weighted by molar-refractivity contribution is -0.384. The minimum Gasteiger partial charge on any atom is -0.461 e. The fourth-order valence-electron chi connectivity index (χ4n) is 3.57. The second-order valence-electron chi connectivity index (χ2n) is 6.73. The molecule has 2 aromatic carbocycles. The van der Waals surface area contributed by atoms with Gasteiger partial charge < -0.3 is 4.74 Å². The molecule has 10 nitrogen and oxygen atoms in total. The number of ether oxygens (including phenoxy) is 1. The number of amides is 2. The summed E-state index contributed by atoms with van der Waals surface area (Å²) in [6, 6.07) is 10.8. The van der Waals surface area contributed by atoms with E-state index in [1.165, 1.54) is 29.3 Å². The number of hydrogen-bond acceptors (Lipinski definition) is 8. The molecule has 0 N–H and O–H groups in total. The van der Waals surface area contributed by atoms with Crippen LogP contribution in [0.3, 0.4) is 0 Å². The fourth-order valence-corrected chi connectivity index (χ4v) is 3.84. The van der Waals surface area contributed by atoms with Gasteiger partial charge in [0.15, 0.2) is 5.71 Å². The van der Waals surface area contributed by atoms with Crippen molar-refractivity contribution >= 4 is 56.5 Å². The molecule has 0 aromatic heterocycles. The Bertz CT molecular complexity index is 1120. The number of esters is 1. The van der Waals surface area contributed by atoms with Gasteiger partial charge in [-0.15, -0.1) is 0 Å². The second kappa shape index (κ2) is 7.91. The number of carbonyl (C=O) groups is 3. The average molecular weight is 487 g/mol. The summed E-state index contributed by atoms with van der Waals surface area (Å²) < 4.78 is 5.81. The Morgan fingerprint density at radius 2 is 1.71 bits per heavy atom. The van der Waals surface area contributed by atoms with Crippen LogP contribution in [0.15, 0.2) is 58.1 Å². The standard InChI is InChI=1S/C20H15BrN4O6/c1-2-31-20(28)16-15-17(24(22-16)13-7-9-14(10-8-13)25(29)30)19(27)23(18(15)26)12-5-3-11(21)4-6-12/h3-10,15,17H,2H2,1H3/t15-,17+/m0/s1. The molecule has 2 heterocycles. The highest BCUT2D eigenvalue weighted by molar-refractivity contribution is 9.10. The molecule has 2 aliphatic rings. The number of hydrogen-bond donors (Lipinski definition) is 0. The molecule has 2 aromatic rings. The highest BCUT2D eigenvalue weighted by atomic mass is 79.9. The van der Waals surface area contributed by atoms with Crippen LogP contribution >= 0.6 is 15.9 Å². The van der Waals surface area contributed by atoms with Gasteiger partial charge in [0.1, 0.15) is 12.0 Å². The highest BCUT2D eigenvalue weighted by Crippen LogP contribution is 2.38. The largest absolute Gasteiger partial charge is 0.461 e. The summed E-state index contributed by atoms with van der Waals surface area (Å²) in [5.41, 5.74) is 0.376. The van der Waals surface area contributed by atoms with Gasteiger partial charge in [-0.1, -0.05) is 15.9 Å². The van der Waals surface area contributed by atoms with Gasteiger partial charge in [0.05, 0.1) is 22.9 Å². The second-order valence-corrected chi connectivity index (χ2v) is 7.65. The first-order chi connectivity index (χ1) is 14.8. The Morgan fingerprint density at radius 3 is 2.29 bits per heavy atom. The van der Waals surface area contributed by atoms with Crippen LogP contribution in [0, 0.1) is 16.0 Å². The van der Waals surface area contributed by atoms with E-state index in [-0.39, 0.29) is 18.0 Å². The number of fused-ring (bicyclic) bond motifs is 1. The smallest absolute Gasteiger partial charge is 0.355 e. The van der Waals surface area contributed by atoms with E-state index in [1.807, 2.05) is 0 Å². The molecule has 0 saturated carbocycles. The van der Waals surface area contributed by atoms with E-state index in [0.29, 0.717) is 11.4 Å². The van der Waals surface area contributed by atoms with E-state index in [0.717, 1.165) is 9.37 Å². The Kier molecular flexibility index (Phi) is 5.27. The van der Waals surface area contributed by atoms with Crippen LogP contribution in [0.4, 0.5) is 17.1 Å². The van der Waals surface area contributed by atoms with Gasteiger partial charge in [-0.05, 0) is 43.3 Å². The third kappa shape index (κ3) is 3.46. The van der Waals surface area contributed by atoms with Crippen LogP contribution in [0.5, 0.6) is 0 Å². The topological polar surface area (TPSA) is 122 Å². The summed E-state index contributed by atoms with van der Waals surface area (Å²) in [6.07, 6.45) is 0. The molecule has 2 amide bonds. The molecule has 0 spiro atoms. The molecule has 0 radical (unpaired) electrons. The maximum absolute atomic E-state index is 13.3. The van der Waals surface area contributed by atoms with Crippen molar-refractivity contribution in [3.8, 4) is 0 Å². The summed E-state index contributed by atoms with van der Waals surface area (Å²) in [5, 5.41) is 16.4. The summed E-state index contributed by atoms with van der Waals surface area (Å²) in [4.78, 5) is 50.4. The molecule has 0 bridgehead atoms. The Morgan fingerprint density at radius 1 is 1.10 bits per heavy atom. The fraction of sp³-hybridized carbons (Fsp3) is 0.200. The number of carbonyl (C=O) groups excluding carboxylic acids is 3. The van der Waals surface area contributed by atoms with Gasteiger partial charge in [0.2, 0.25) is 5.91 Å². The highest BCUT2D eigenvalue weighted by Gasteiger charge is 2.59. The van der Waals surface area contributed by atoms with E-state index in [4.69, 9.17) is 4.74 Å². The molecule has 2 atom stereocenters. The maximum atomic E-state index is 13.3. The predicted molar refractivity (Wildman–Crippen MR) is 114 cm³/mol. The van der Waals surface area contributed by atoms with Crippen molar-refractivity contribution in [2.75, 3.05) is 16.5 Å². The lowest BCUT2D eigenvalue weighted by atomic mass is 9.97.